The summed E-state index contributed by atoms with van der Waals surface area (Å²) < 4.78 is 4.64. The number of halogens is 2. The van der Waals surface area contributed by atoms with Gasteiger partial charge in [-0.1, -0.05) is 37.0 Å². The SMILES string of the molecule is COC(=O)[C@H](NC(=O)Nc1cc(Cl)ccc1Cl)C(C)C. The summed E-state index contributed by atoms with van der Waals surface area (Å²) in [6, 6.07) is 3.40. The van der Waals surface area contributed by atoms with Crippen molar-refractivity contribution >= 4 is 40.9 Å². The zero-order valence-electron chi connectivity index (χ0n) is 11.4. The molecule has 1 atom stereocenters. The topological polar surface area (TPSA) is 67.4 Å². The van der Waals surface area contributed by atoms with Crippen molar-refractivity contribution in [3.8, 4) is 0 Å². The van der Waals surface area contributed by atoms with E-state index < -0.39 is 18.0 Å². The zero-order chi connectivity index (χ0) is 15.3. The number of nitrogens with one attached hydrogen (secondary N) is 2. The Kier molecular flexibility index (Phi) is 6.10. The Morgan fingerprint density at radius 1 is 1.25 bits per heavy atom. The number of anilines is 1. The molecule has 0 saturated carbocycles. The third-order valence-electron chi connectivity index (χ3n) is 2.58. The molecule has 0 fully saturated rings. The standard InChI is InChI=1S/C13H16Cl2N2O3/c1-7(2)11(12(18)20-3)17-13(19)16-10-6-8(14)4-5-9(10)15/h4-7,11H,1-3H3,(H2,16,17,19)/t11-/m1/s1. The Balaban J connectivity index is 2.75. The molecular weight excluding hydrogens is 303 g/mol. The van der Waals surface area contributed by atoms with Gasteiger partial charge in [0.15, 0.2) is 0 Å². The van der Waals surface area contributed by atoms with Crippen LogP contribution in [-0.2, 0) is 9.53 Å². The molecule has 0 spiro atoms. The second-order valence-electron chi connectivity index (χ2n) is 4.47. The fraction of sp³-hybridized carbons (Fsp3) is 0.385. The van der Waals surface area contributed by atoms with Crippen LogP contribution in [0.1, 0.15) is 13.8 Å². The van der Waals surface area contributed by atoms with Crippen LogP contribution in [0.2, 0.25) is 10.0 Å². The summed E-state index contributed by atoms with van der Waals surface area (Å²) in [4.78, 5) is 23.4. The van der Waals surface area contributed by atoms with Crippen LogP contribution in [0.15, 0.2) is 18.2 Å². The molecule has 0 unspecified atom stereocenters. The fourth-order valence-electron chi connectivity index (χ4n) is 1.52. The molecule has 0 aliphatic heterocycles. The quantitative estimate of drug-likeness (QED) is 0.837. The molecule has 0 aromatic heterocycles. The van der Waals surface area contributed by atoms with E-state index in [9.17, 15) is 9.59 Å². The maximum atomic E-state index is 11.9. The van der Waals surface area contributed by atoms with E-state index in [0.29, 0.717) is 15.7 Å². The van der Waals surface area contributed by atoms with E-state index in [2.05, 4.69) is 15.4 Å². The van der Waals surface area contributed by atoms with E-state index in [1.807, 2.05) is 0 Å². The van der Waals surface area contributed by atoms with Crippen molar-refractivity contribution in [2.24, 2.45) is 5.92 Å². The maximum absolute atomic E-state index is 11.9. The summed E-state index contributed by atoms with van der Waals surface area (Å²) in [6.45, 7) is 3.60. The second kappa shape index (κ2) is 7.36. The van der Waals surface area contributed by atoms with Crippen LogP contribution in [0.3, 0.4) is 0 Å². The van der Waals surface area contributed by atoms with Gasteiger partial charge in [0.05, 0.1) is 17.8 Å². The van der Waals surface area contributed by atoms with Crippen LogP contribution < -0.4 is 10.6 Å². The number of carbonyl (C=O) groups is 2. The summed E-state index contributed by atoms with van der Waals surface area (Å²) in [6.07, 6.45) is 0. The minimum Gasteiger partial charge on any atom is -0.467 e. The molecule has 0 aliphatic rings. The summed E-state index contributed by atoms with van der Waals surface area (Å²) in [5, 5.41) is 5.87. The highest BCUT2D eigenvalue weighted by Gasteiger charge is 2.25. The van der Waals surface area contributed by atoms with Crippen molar-refractivity contribution in [3.63, 3.8) is 0 Å². The number of hydrogen-bond acceptors (Lipinski definition) is 3. The van der Waals surface area contributed by atoms with Crippen LogP contribution in [-0.4, -0.2) is 25.2 Å². The van der Waals surface area contributed by atoms with E-state index in [4.69, 9.17) is 23.2 Å². The fourth-order valence-corrected chi connectivity index (χ4v) is 1.85. The first kappa shape index (κ1) is 16.6. The van der Waals surface area contributed by atoms with Crippen LogP contribution in [0.4, 0.5) is 10.5 Å². The third kappa shape index (κ3) is 4.58. The highest BCUT2D eigenvalue weighted by atomic mass is 35.5. The number of carbonyl (C=O) groups excluding carboxylic acids is 2. The molecule has 0 saturated heterocycles. The smallest absolute Gasteiger partial charge is 0.328 e. The largest absolute Gasteiger partial charge is 0.467 e. The van der Waals surface area contributed by atoms with Gasteiger partial charge in [-0.3, -0.25) is 0 Å². The molecule has 1 aromatic rings. The van der Waals surface area contributed by atoms with E-state index >= 15 is 0 Å². The van der Waals surface area contributed by atoms with E-state index in [1.54, 1.807) is 26.0 Å². The van der Waals surface area contributed by atoms with Crippen LogP contribution in [0, 0.1) is 5.92 Å². The van der Waals surface area contributed by atoms with Gasteiger partial charge in [-0.15, -0.1) is 0 Å². The van der Waals surface area contributed by atoms with Crippen LogP contribution in [0.25, 0.3) is 0 Å². The molecule has 0 aliphatic carbocycles. The van der Waals surface area contributed by atoms with Crippen LogP contribution in [0.5, 0.6) is 0 Å². The summed E-state index contributed by atoms with van der Waals surface area (Å²) in [7, 11) is 1.27. The monoisotopic (exact) mass is 318 g/mol. The first-order chi connectivity index (χ1) is 9.35. The Morgan fingerprint density at radius 3 is 2.45 bits per heavy atom. The van der Waals surface area contributed by atoms with Gasteiger partial charge in [0.1, 0.15) is 6.04 Å². The zero-order valence-corrected chi connectivity index (χ0v) is 12.9. The lowest BCUT2D eigenvalue weighted by Crippen LogP contribution is -2.46. The van der Waals surface area contributed by atoms with Gasteiger partial charge in [-0.05, 0) is 24.1 Å². The Bertz CT molecular complexity index is 506. The first-order valence-corrected chi connectivity index (χ1v) is 6.71. The first-order valence-electron chi connectivity index (χ1n) is 5.95. The van der Waals surface area contributed by atoms with Crippen molar-refractivity contribution in [3.05, 3.63) is 28.2 Å². The summed E-state index contributed by atoms with van der Waals surface area (Å²) in [5.41, 5.74) is 0.365. The molecule has 7 heteroatoms. The van der Waals surface area contributed by atoms with Gasteiger partial charge in [-0.25, -0.2) is 9.59 Å². The van der Waals surface area contributed by atoms with Gasteiger partial charge in [0.25, 0.3) is 0 Å². The minimum atomic E-state index is -0.738. The maximum Gasteiger partial charge on any atom is 0.328 e. The van der Waals surface area contributed by atoms with Crippen molar-refractivity contribution in [2.45, 2.75) is 19.9 Å². The van der Waals surface area contributed by atoms with E-state index in [1.165, 1.54) is 13.2 Å². The number of methoxy groups -OCH3 is 1. The minimum absolute atomic E-state index is 0.108. The number of ether oxygens (including phenoxy) is 1. The lowest BCUT2D eigenvalue weighted by atomic mass is 10.1. The molecule has 2 N–H and O–H groups in total. The van der Waals surface area contributed by atoms with E-state index in [-0.39, 0.29) is 5.92 Å². The molecule has 1 rings (SSSR count). The van der Waals surface area contributed by atoms with Gasteiger partial charge in [-0.2, -0.15) is 0 Å². The number of esters is 1. The number of hydrogen-bond donors (Lipinski definition) is 2. The Morgan fingerprint density at radius 2 is 1.90 bits per heavy atom. The van der Waals surface area contributed by atoms with Crippen LogP contribution >= 0.6 is 23.2 Å². The lowest BCUT2D eigenvalue weighted by Gasteiger charge is -2.20. The van der Waals surface area contributed by atoms with Gasteiger partial charge in [0.2, 0.25) is 0 Å². The Labute approximate surface area is 127 Å². The van der Waals surface area contributed by atoms with Gasteiger partial charge in [0, 0.05) is 5.02 Å². The predicted octanol–water partition coefficient (Wildman–Crippen LogP) is 3.31. The molecule has 20 heavy (non-hydrogen) atoms. The number of benzene rings is 1. The average Bonchev–Trinajstić information content (AvgIpc) is 2.39. The number of urea groups is 1. The van der Waals surface area contributed by atoms with Crippen molar-refractivity contribution in [1.29, 1.82) is 0 Å². The normalized spacial score (nSPS) is 11.9. The average molecular weight is 319 g/mol. The summed E-state index contributed by atoms with van der Waals surface area (Å²) >= 11 is 11.8. The number of rotatable bonds is 4. The molecule has 1 aromatic carbocycles. The van der Waals surface area contributed by atoms with Crippen molar-refractivity contribution < 1.29 is 14.3 Å². The third-order valence-corrected chi connectivity index (χ3v) is 3.15. The van der Waals surface area contributed by atoms with Crippen molar-refractivity contribution in [1.82, 2.24) is 5.32 Å². The van der Waals surface area contributed by atoms with E-state index in [0.717, 1.165) is 0 Å². The van der Waals surface area contributed by atoms with Gasteiger partial charge < -0.3 is 15.4 Å². The molecular formula is C13H16Cl2N2O3. The molecule has 110 valence electrons. The van der Waals surface area contributed by atoms with Crippen molar-refractivity contribution in [2.75, 3.05) is 12.4 Å². The summed E-state index contributed by atoms with van der Waals surface area (Å²) in [5.74, 6) is -0.615. The highest BCUT2D eigenvalue weighted by molar-refractivity contribution is 6.35. The number of amides is 2. The molecule has 0 bridgehead atoms. The molecule has 0 radical (unpaired) electrons. The molecule has 0 heterocycles. The molecule has 2 amide bonds. The lowest BCUT2D eigenvalue weighted by molar-refractivity contribution is -0.143. The predicted molar refractivity (Wildman–Crippen MR) is 79.3 cm³/mol. The van der Waals surface area contributed by atoms with Gasteiger partial charge >= 0.3 is 12.0 Å². The second-order valence-corrected chi connectivity index (χ2v) is 5.31. The highest BCUT2D eigenvalue weighted by Crippen LogP contribution is 2.25. The Hall–Kier alpha value is -1.46. The molecule has 5 nitrogen and oxygen atoms in total.